The summed E-state index contributed by atoms with van der Waals surface area (Å²) < 4.78 is 10.0. The first-order valence-electron chi connectivity index (χ1n) is 2.42. The third-order valence-electron chi connectivity index (χ3n) is 0.885. The lowest BCUT2D eigenvalue weighted by Crippen LogP contribution is -2.25. The molecular formula is C5H9O2. The van der Waals surface area contributed by atoms with Crippen molar-refractivity contribution in [2.75, 3.05) is 19.8 Å². The molecular weight excluding hydrogens is 92.1 g/mol. The summed E-state index contributed by atoms with van der Waals surface area (Å²) in [5.74, 6) is 0. The van der Waals surface area contributed by atoms with Crippen molar-refractivity contribution < 1.29 is 9.47 Å². The molecule has 41 valence electrons. The summed E-state index contributed by atoms with van der Waals surface area (Å²) in [4.78, 5) is 0. The Morgan fingerprint density at radius 1 is 1.43 bits per heavy atom. The molecule has 0 aliphatic carbocycles. The second-order valence-electron chi connectivity index (χ2n) is 1.57. The van der Waals surface area contributed by atoms with Crippen LogP contribution in [0.15, 0.2) is 0 Å². The van der Waals surface area contributed by atoms with E-state index in [4.69, 9.17) is 9.47 Å². The first kappa shape index (κ1) is 5.06. The zero-order valence-corrected chi connectivity index (χ0v) is 4.22. The van der Waals surface area contributed by atoms with E-state index in [1.807, 2.05) is 0 Å². The third-order valence-corrected chi connectivity index (χ3v) is 0.885. The zero-order chi connectivity index (χ0) is 5.11. The highest BCUT2D eigenvalue weighted by Gasteiger charge is 2.06. The summed E-state index contributed by atoms with van der Waals surface area (Å²) in [6.45, 7) is 5.73. The molecule has 0 saturated carbocycles. The summed E-state index contributed by atoms with van der Waals surface area (Å²) in [7, 11) is 0. The maximum atomic E-state index is 5.04. The van der Waals surface area contributed by atoms with Gasteiger partial charge in [-0.05, 0) is 6.92 Å². The molecule has 1 radical (unpaired) electrons. The smallest absolute Gasteiger partial charge is 0.0810 e. The topological polar surface area (TPSA) is 18.5 Å². The van der Waals surface area contributed by atoms with Gasteiger partial charge in [-0.1, -0.05) is 0 Å². The zero-order valence-electron chi connectivity index (χ0n) is 4.22. The van der Waals surface area contributed by atoms with Crippen LogP contribution in [0.5, 0.6) is 0 Å². The molecule has 0 unspecified atom stereocenters. The molecule has 0 spiro atoms. The van der Waals surface area contributed by atoms with Crippen LogP contribution < -0.4 is 0 Å². The van der Waals surface area contributed by atoms with Crippen molar-refractivity contribution in [3.05, 3.63) is 6.92 Å². The molecule has 0 aromatic rings. The van der Waals surface area contributed by atoms with Gasteiger partial charge in [0.1, 0.15) is 0 Å². The number of rotatable bonds is 0. The maximum Gasteiger partial charge on any atom is 0.0810 e. The number of hydrogen-bond donors (Lipinski definition) is 0. The lowest BCUT2D eigenvalue weighted by Gasteiger charge is -2.18. The Morgan fingerprint density at radius 3 is 2.57 bits per heavy atom. The fourth-order valence-corrected chi connectivity index (χ4v) is 0.537. The minimum atomic E-state index is 0.0637. The van der Waals surface area contributed by atoms with Crippen LogP contribution in [0.4, 0.5) is 0 Å². The van der Waals surface area contributed by atoms with Crippen LogP contribution in [0.1, 0.15) is 0 Å². The average molecular weight is 101 g/mol. The van der Waals surface area contributed by atoms with Gasteiger partial charge in [-0.2, -0.15) is 0 Å². The third kappa shape index (κ3) is 1.45. The van der Waals surface area contributed by atoms with Crippen molar-refractivity contribution in [2.45, 2.75) is 6.10 Å². The van der Waals surface area contributed by atoms with Gasteiger partial charge in [0.2, 0.25) is 0 Å². The molecule has 1 aliphatic heterocycles. The Balaban J connectivity index is 2.12. The van der Waals surface area contributed by atoms with Crippen molar-refractivity contribution in [2.24, 2.45) is 0 Å². The van der Waals surface area contributed by atoms with Gasteiger partial charge < -0.3 is 9.47 Å². The second kappa shape index (κ2) is 2.28. The van der Waals surface area contributed by atoms with Crippen LogP contribution in [0.2, 0.25) is 0 Å². The molecule has 0 aromatic heterocycles. The van der Waals surface area contributed by atoms with Crippen molar-refractivity contribution in [3.63, 3.8) is 0 Å². The highest BCUT2D eigenvalue weighted by atomic mass is 16.6. The Bertz CT molecular complexity index is 48.0. The highest BCUT2D eigenvalue weighted by Crippen LogP contribution is 1.96. The normalized spacial score (nSPS) is 33.0. The van der Waals surface area contributed by atoms with E-state index in [0.29, 0.717) is 13.2 Å². The van der Waals surface area contributed by atoms with E-state index in [9.17, 15) is 0 Å². The second-order valence-corrected chi connectivity index (χ2v) is 1.57. The molecule has 0 bridgehead atoms. The first-order chi connectivity index (χ1) is 3.39. The first-order valence-corrected chi connectivity index (χ1v) is 2.42. The van der Waals surface area contributed by atoms with Gasteiger partial charge in [0.15, 0.2) is 0 Å². The van der Waals surface area contributed by atoms with E-state index in [0.717, 1.165) is 6.61 Å². The molecule has 2 nitrogen and oxygen atoms in total. The predicted octanol–water partition coefficient (Wildman–Crippen LogP) is 0.236. The Hall–Kier alpha value is -0.0800. The number of hydrogen-bond acceptors (Lipinski definition) is 2. The monoisotopic (exact) mass is 101 g/mol. The van der Waals surface area contributed by atoms with Gasteiger partial charge >= 0.3 is 0 Å². The van der Waals surface area contributed by atoms with Gasteiger partial charge in [-0.25, -0.2) is 0 Å². The summed E-state index contributed by atoms with van der Waals surface area (Å²) in [6, 6.07) is 0. The summed E-state index contributed by atoms with van der Waals surface area (Å²) in [5.41, 5.74) is 0. The lowest BCUT2D eigenvalue weighted by molar-refractivity contribution is -0.0688. The Morgan fingerprint density at radius 2 is 2.29 bits per heavy atom. The molecule has 7 heavy (non-hydrogen) atoms. The van der Waals surface area contributed by atoms with Crippen LogP contribution in [-0.4, -0.2) is 25.9 Å². The molecule has 1 aliphatic rings. The van der Waals surface area contributed by atoms with Crippen LogP contribution in [0, 0.1) is 6.92 Å². The van der Waals surface area contributed by atoms with Crippen LogP contribution in [0.25, 0.3) is 0 Å². The maximum absolute atomic E-state index is 5.04. The van der Waals surface area contributed by atoms with E-state index >= 15 is 0 Å². The van der Waals surface area contributed by atoms with Gasteiger partial charge in [-0.15, -0.1) is 0 Å². The summed E-state index contributed by atoms with van der Waals surface area (Å²) >= 11 is 0. The van der Waals surface area contributed by atoms with Crippen LogP contribution >= 0.6 is 0 Å². The lowest BCUT2D eigenvalue weighted by atomic mass is 10.4. The molecule has 0 amide bonds. The van der Waals surface area contributed by atoms with Crippen molar-refractivity contribution in [1.82, 2.24) is 0 Å². The standard InChI is InChI=1S/C5H9O2/c1-5-4-6-2-3-7-5/h5H,1-4H2/t5-/m1/s1. The summed E-state index contributed by atoms with van der Waals surface area (Å²) in [6.07, 6.45) is 0.0637. The average Bonchev–Trinajstić information content (AvgIpc) is 1.69. The molecule has 0 aromatic carbocycles. The Labute approximate surface area is 43.4 Å². The fraction of sp³-hybridized carbons (Fsp3) is 0.800. The molecule has 1 fully saturated rings. The quantitative estimate of drug-likeness (QED) is 0.435. The van der Waals surface area contributed by atoms with E-state index < -0.39 is 0 Å². The minimum Gasteiger partial charge on any atom is -0.376 e. The molecule has 1 rings (SSSR count). The fourth-order valence-electron chi connectivity index (χ4n) is 0.537. The van der Waals surface area contributed by atoms with Crippen molar-refractivity contribution in [1.29, 1.82) is 0 Å². The largest absolute Gasteiger partial charge is 0.376 e. The summed E-state index contributed by atoms with van der Waals surface area (Å²) in [5, 5.41) is 0. The molecule has 2 heteroatoms. The van der Waals surface area contributed by atoms with Crippen molar-refractivity contribution >= 4 is 0 Å². The van der Waals surface area contributed by atoms with E-state index in [1.54, 1.807) is 0 Å². The highest BCUT2D eigenvalue weighted by molar-refractivity contribution is 4.60. The molecule has 1 atom stereocenters. The van der Waals surface area contributed by atoms with Crippen LogP contribution in [0.3, 0.4) is 0 Å². The van der Waals surface area contributed by atoms with Gasteiger partial charge in [-0.3, -0.25) is 0 Å². The van der Waals surface area contributed by atoms with E-state index in [2.05, 4.69) is 6.92 Å². The van der Waals surface area contributed by atoms with E-state index in [1.165, 1.54) is 0 Å². The van der Waals surface area contributed by atoms with E-state index in [-0.39, 0.29) is 6.10 Å². The predicted molar refractivity (Wildman–Crippen MR) is 25.9 cm³/mol. The van der Waals surface area contributed by atoms with Crippen LogP contribution in [-0.2, 0) is 9.47 Å². The number of ether oxygens (including phenoxy) is 2. The minimum absolute atomic E-state index is 0.0637. The molecule has 1 heterocycles. The SMILES string of the molecule is [CH2][C@@H]1COCCO1. The van der Waals surface area contributed by atoms with Crippen molar-refractivity contribution in [3.8, 4) is 0 Å². The van der Waals surface area contributed by atoms with Gasteiger partial charge in [0.05, 0.1) is 25.9 Å². The molecule has 0 N–H and O–H groups in total. The van der Waals surface area contributed by atoms with Gasteiger partial charge in [0.25, 0.3) is 0 Å². The Kier molecular flexibility index (Phi) is 1.65. The van der Waals surface area contributed by atoms with Gasteiger partial charge in [0, 0.05) is 0 Å². The molecule has 1 saturated heterocycles.